The number of ether oxygens (including phenoxy) is 4. The van der Waals surface area contributed by atoms with Crippen molar-refractivity contribution < 1.29 is 23.7 Å². The summed E-state index contributed by atoms with van der Waals surface area (Å²) in [5, 5.41) is 0. The minimum absolute atomic E-state index is 0.105. The van der Waals surface area contributed by atoms with Crippen LogP contribution in [0.4, 0.5) is 0 Å². The molecule has 3 heterocycles. The number of hydrogen-bond acceptors (Lipinski definition) is 5. The van der Waals surface area contributed by atoms with Crippen molar-refractivity contribution >= 4 is 5.97 Å². The minimum atomic E-state index is -0.433. The molecule has 3 unspecified atom stereocenters. The van der Waals surface area contributed by atoms with Crippen LogP contribution in [0.15, 0.2) is 0 Å². The van der Waals surface area contributed by atoms with Crippen LogP contribution < -0.4 is 0 Å². The van der Waals surface area contributed by atoms with Crippen LogP contribution in [0.1, 0.15) is 26.2 Å². The van der Waals surface area contributed by atoms with Crippen LogP contribution in [0.5, 0.6) is 0 Å². The number of carbonyl (C=O) groups is 1. The molecular formula is C13H20O5. The summed E-state index contributed by atoms with van der Waals surface area (Å²) in [6.45, 7) is 4.68. The summed E-state index contributed by atoms with van der Waals surface area (Å²) in [7, 11) is 0. The first-order chi connectivity index (χ1) is 8.72. The molecule has 0 aliphatic carbocycles. The first-order valence-electron chi connectivity index (χ1n) is 6.74. The maximum Gasteiger partial charge on any atom is 0.312 e. The molecule has 0 spiro atoms. The Labute approximate surface area is 107 Å². The van der Waals surface area contributed by atoms with Gasteiger partial charge in [0.05, 0.1) is 37.4 Å². The smallest absolute Gasteiger partial charge is 0.312 e. The van der Waals surface area contributed by atoms with E-state index < -0.39 is 5.41 Å². The number of epoxide rings is 3. The van der Waals surface area contributed by atoms with Crippen molar-refractivity contribution in [1.82, 2.24) is 0 Å². The van der Waals surface area contributed by atoms with E-state index in [1.165, 1.54) is 0 Å². The highest BCUT2D eigenvalue weighted by molar-refractivity contribution is 5.77. The van der Waals surface area contributed by atoms with Gasteiger partial charge in [0.15, 0.2) is 0 Å². The standard InChI is InChI=1S/C13H20O5/c1-2-13(3-9-5-15-9,4-10-6-16-10)12(14)18-8-11-7-17-11/h9-11H,2-8H2,1H3. The Morgan fingerprint density at radius 2 is 1.61 bits per heavy atom. The van der Waals surface area contributed by atoms with Crippen LogP contribution >= 0.6 is 0 Å². The molecule has 3 fully saturated rings. The molecule has 5 heteroatoms. The Morgan fingerprint density at radius 3 is 2.00 bits per heavy atom. The van der Waals surface area contributed by atoms with Gasteiger partial charge in [0, 0.05) is 0 Å². The monoisotopic (exact) mass is 256 g/mol. The van der Waals surface area contributed by atoms with Gasteiger partial charge in [-0.2, -0.15) is 0 Å². The van der Waals surface area contributed by atoms with E-state index in [9.17, 15) is 4.79 Å². The highest BCUT2D eigenvalue weighted by Crippen LogP contribution is 2.41. The zero-order valence-electron chi connectivity index (χ0n) is 10.7. The topological polar surface area (TPSA) is 63.9 Å². The van der Waals surface area contributed by atoms with Gasteiger partial charge in [-0.1, -0.05) is 6.92 Å². The van der Waals surface area contributed by atoms with E-state index in [1.807, 2.05) is 6.92 Å². The van der Waals surface area contributed by atoms with Crippen molar-refractivity contribution in [2.24, 2.45) is 5.41 Å². The van der Waals surface area contributed by atoms with Crippen molar-refractivity contribution in [3.05, 3.63) is 0 Å². The largest absolute Gasteiger partial charge is 0.462 e. The second kappa shape index (κ2) is 4.79. The van der Waals surface area contributed by atoms with Crippen LogP contribution in [0.3, 0.4) is 0 Å². The first kappa shape index (κ1) is 12.4. The van der Waals surface area contributed by atoms with Crippen LogP contribution in [0, 0.1) is 5.41 Å². The predicted molar refractivity (Wildman–Crippen MR) is 62.1 cm³/mol. The molecule has 3 aliphatic heterocycles. The van der Waals surface area contributed by atoms with E-state index in [0.717, 1.165) is 32.5 Å². The van der Waals surface area contributed by atoms with Gasteiger partial charge in [-0.25, -0.2) is 0 Å². The maximum absolute atomic E-state index is 12.4. The summed E-state index contributed by atoms with van der Waals surface area (Å²) in [6, 6.07) is 0. The van der Waals surface area contributed by atoms with Crippen LogP contribution in [0.2, 0.25) is 0 Å². The summed E-state index contributed by atoms with van der Waals surface area (Å²) in [4.78, 5) is 12.4. The van der Waals surface area contributed by atoms with Gasteiger partial charge in [-0.3, -0.25) is 4.79 Å². The summed E-state index contributed by atoms with van der Waals surface area (Å²) >= 11 is 0. The van der Waals surface area contributed by atoms with Crippen LogP contribution in [-0.4, -0.2) is 50.7 Å². The Balaban J connectivity index is 1.61. The fraction of sp³-hybridized carbons (Fsp3) is 0.923. The molecule has 3 saturated heterocycles. The Bertz CT molecular complexity index is 303. The molecule has 0 bridgehead atoms. The summed E-state index contributed by atoms with van der Waals surface area (Å²) in [6.07, 6.45) is 2.87. The summed E-state index contributed by atoms with van der Waals surface area (Å²) in [5.74, 6) is -0.105. The third kappa shape index (κ3) is 3.02. The predicted octanol–water partition coefficient (Wildman–Crippen LogP) is 0.903. The van der Waals surface area contributed by atoms with E-state index in [-0.39, 0.29) is 24.3 Å². The van der Waals surface area contributed by atoms with Gasteiger partial charge in [0.25, 0.3) is 0 Å². The number of rotatable bonds is 8. The molecule has 0 radical (unpaired) electrons. The lowest BCUT2D eigenvalue weighted by Crippen LogP contribution is -2.36. The molecule has 3 rings (SSSR count). The Hall–Kier alpha value is -0.650. The Kier molecular flexibility index (Phi) is 3.30. The van der Waals surface area contributed by atoms with Gasteiger partial charge >= 0.3 is 5.97 Å². The van der Waals surface area contributed by atoms with Gasteiger partial charge in [0.2, 0.25) is 0 Å². The van der Waals surface area contributed by atoms with Crippen molar-refractivity contribution in [3.8, 4) is 0 Å². The zero-order chi connectivity index (χ0) is 12.6. The molecule has 5 nitrogen and oxygen atoms in total. The minimum Gasteiger partial charge on any atom is -0.462 e. The molecule has 102 valence electrons. The lowest BCUT2D eigenvalue weighted by Gasteiger charge is -2.29. The van der Waals surface area contributed by atoms with Crippen LogP contribution in [-0.2, 0) is 23.7 Å². The van der Waals surface area contributed by atoms with Crippen molar-refractivity contribution in [2.75, 3.05) is 26.4 Å². The van der Waals surface area contributed by atoms with E-state index >= 15 is 0 Å². The highest BCUT2D eigenvalue weighted by Gasteiger charge is 2.47. The molecule has 18 heavy (non-hydrogen) atoms. The van der Waals surface area contributed by atoms with Gasteiger partial charge in [0.1, 0.15) is 12.7 Å². The highest BCUT2D eigenvalue weighted by atomic mass is 16.6. The number of carbonyl (C=O) groups excluding carboxylic acids is 1. The molecule has 3 atom stereocenters. The van der Waals surface area contributed by atoms with Crippen molar-refractivity contribution in [2.45, 2.75) is 44.5 Å². The van der Waals surface area contributed by atoms with Crippen molar-refractivity contribution in [1.29, 1.82) is 0 Å². The van der Waals surface area contributed by atoms with Gasteiger partial charge in [-0.05, 0) is 19.3 Å². The fourth-order valence-electron chi connectivity index (χ4n) is 2.41. The van der Waals surface area contributed by atoms with E-state index in [1.54, 1.807) is 0 Å². The average Bonchev–Trinajstić information content (AvgIpc) is 3.22. The number of hydrogen-bond donors (Lipinski definition) is 0. The van der Waals surface area contributed by atoms with E-state index in [4.69, 9.17) is 18.9 Å². The maximum atomic E-state index is 12.4. The van der Waals surface area contributed by atoms with E-state index in [2.05, 4.69) is 0 Å². The second-order valence-corrected chi connectivity index (χ2v) is 5.51. The normalized spacial score (nSPS) is 35.7. The Morgan fingerprint density at radius 1 is 1.11 bits per heavy atom. The summed E-state index contributed by atoms with van der Waals surface area (Å²) < 4.78 is 21.0. The summed E-state index contributed by atoms with van der Waals surface area (Å²) in [5.41, 5.74) is -0.433. The third-order valence-corrected chi connectivity index (χ3v) is 3.95. The quantitative estimate of drug-likeness (QED) is 0.477. The second-order valence-electron chi connectivity index (χ2n) is 5.51. The number of esters is 1. The van der Waals surface area contributed by atoms with E-state index in [0.29, 0.717) is 13.2 Å². The molecule has 0 aromatic heterocycles. The fourth-order valence-corrected chi connectivity index (χ4v) is 2.41. The lowest BCUT2D eigenvalue weighted by molar-refractivity contribution is -0.158. The molecule has 0 amide bonds. The van der Waals surface area contributed by atoms with Gasteiger partial charge < -0.3 is 18.9 Å². The SMILES string of the molecule is CCC(CC1CO1)(CC1CO1)C(=O)OCC1CO1. The van der Waals surface area contributed by atoms with Crippen LogP contribution in [0.25, 0.3) is 0 Å². The lowest BCUT2D eigenvalue weighted by atomic mass is 9.76. The molecular weight excluding hydrogens is 236 g/mol. The van der Waals surface area contributed by atoms with Gasteiger partial charge in [-0.15, -0.1) is 0 Å². The molecule has 0 aromatic rings. The molecule has 0 saturated carbocycles. The molecule has 0 aromatic carbocycles. The molecule has 3 aliphatic rings. The van der Waals surface area contributed by atoms with Crippen molar-refractivity contribution in [3.63, 3.8) is 0 Å². The third-order valence-electron chi connectivity index (χ3n) is 3.95. The average molecular weight is 256 g/mol. The first-order valence-corrected chi connectivity index (χ1v) is 6.74. The molecule has 0 N–H and O–H groups in total. The zero-order valence-corrected chi connectivity index (χ0v) is 10.7.